The number of aromatic nitrogens is 2. The molecule has 5 nitrogen and oxygen atoms in total. The monoisotopic (exact) mass is 360 g/mol. The van der Waals surface area contributed by atoms with E-state index in [4.69, 9.17) is 11.6 Å². The Morgan fingerprint density at radius 2 is 2.24 bits per heavy atom. The molecule has 1 fully saturated rings. The van der Waals surface area contributed by atoms with Crippen LogP contribution in [0.2, 0.25) is 5.02 Å². The quantitative estimate of drug-likeness (QED) is 0.860. The van der Waals surface area contributed by atoms with Crippen molar-refractivity contribution in [3.05, 3.63) is 46.7 Å². The van der Waals surface area contributed by atoms with Crippen molar-refractivity contribution >= 4 is 23.2 Å². The molecule has 2 heterocycles. The van der Waals surface area contributed by atoms with E-state index in [-0.39, 0.29) is 5.91 Å². The summed E-state index contributed by atoms with van der Waals surface area (Å²) in [6, 6.07) is 9.83. The van der Waals surface area contributed by atoms with Crippen LogP contribution >= 0.6 is 11.6 Å². The molecule has 1 saturated heterocycles. The summed E-state index contributed by atoms with van der Waals surface area (Å²) in [6.45, 7) is 4.73. The minimum atomic E-state index is -0.0430. The summed E-state index contributed by atoms with van der Waals surface area (Å²) >= 11 is 6.08. The Hall–Kier alpha value is -2.01. The van der Waals surface area contributed by atoms with E-state index in [1.54, 1.807) is 4.68 Å². The van der Waals surface area contributed by atoms with Gasteiger partial charge >= 0.3 is 0 Å². The van der Waals surface area contributed by atoms with E-state index in [9.17, 15) is 4.79 Å². The van der Waals surface area contributed by atoms with Gasteiger partial charge in [-0.25, -0.2) is 0 Å². The van der Waals surface area contributed by atoms with E-state index in [0.29, 0.717) is 18.2 Å². The molecule has 6 heteroatoms. The zero-order valence-corrected chi connectivity index (χ0v) is 15.6. The van der Waals surface area contributed by atoms with Gasteiger partial charge in [0.05, 0.1) is 5.69 Å². The SMILES string of the molecule is CCCc1cc(C(=O)NCC2CCN(c3cccc(Cl)c3)C2)n(C)n1. The lowest BCUT2D eigenvalue weighted by Crippen LogP contribution is -2.32. The van der Waals surface area contributed by atoms with Crippen molar-refractivity contribution in [2.45, 2.75) is 26.2 Å². The molecule has 3 rings (SSSR count). The number of carbonyl (C=O) groups is 1. The van der Waals surface area contributed by atoms with Crippen molar-refractivity contribution in [2.24, 2.45) is 13.0 Å². The number of hydrogen-bond acceptors (Lipinski definition) is 3. The maximum atomic E-state index is 12.4. The summed E-state index contributed by atoms with van der Waals surface area (Å²) in [6.07, 6.45) is 3.00. The summed E-state index contributed by atoms with van der Waals surface area (Å²) in [5.74, 6) is 0.407. The van der Waals surface area contributed by atoms with Crippen molar-refractivity contribution < 1.29 is 4.79 Å². The van der Waals surface area contributed by atoms with E-state index in [0.717, 1.165) is 48.8 Å². The number of carbonyl (C=O) groups excluding carboxylic acids is 1. The molecule has 1 aliphatic heterocycles. The van der Waals surface area contributed by atoms with Crippen molar-refractivity contribution in [3.8, 4) is 0 Å². The number of halogens is 1. The standard InChI is InChI=1S/C19H25ClN4O/c1-3-5-16-11-18(23(2)22-16)19(25)21-12-14-8-9-24(13-14)17-7-4-6-15(20)10-17/h4,6-7,10-11,14H,3,5,8-9,12-13H2,1-2H3,(H,21,25). The van der Waals surface area contributed by atoms with Gasteiger partial charge in [0, 0.05) is 37.4 Å². The fraction of sp³-hybridized carbons (Fsp3) is 0.474. The third-order valence-electron chi connectivity index (χ3n) is 4.68. The van der Waals surface area contributed by atoms with Crippen LogP contribution in [0.25, 0.3) is 0 Å². The number of nitrogens with one attached hydrogen (secondary N) is 1. The fourth-order valence-electron chi connectivity index (χ4n) is 3.35. The minimum Gasteiger partial charge on any atom is -0.371 e. The van der Waals surface area contributed by atoms with Crippen LogP contribution < -0.4 is 10.2 Å². The zero-order valence-electron chi connectivity index (χ0n) is 14.8. The Labute approximate surface area is 154 Å². The second-order valence-corrected chi connectivity index (χ2v) is 7.12. The number of amides is 1. The van der Waals surface area contributed by atoms with Crippen LogP contribution in [-0.4, -0.2) is 35.3 Å². The summed E-state index contributed by atoms with van der Waals surface area (Å²) in [5, 5.41) is 8.22. The molecule has 1 aromatic carbocycles. The molecule has 1 atom stereocenters. The van der Waals surface area contributed by atoms with Crippen molar-refractivity contribution in [1.82, 2.24) is 15.1 Å². The molecule has 2 aromatic rings. The van der Waals surface area contributed by atoms with Gasteiger partial charge in [-0.1, -0.05) is 31.0 Å². The number of rotatable bonds is 6. The van der Waals surface area contributed by atoms with Gasteiger partial charge < -0.3 is 10.2 Å². The summed E-state index contributed by atoms with van der Waals surface area (Å²) in [7, 11) is 1.82. The van der Waals surface area contributed by atoms with E-state index in [1.807, 2.05) is 31.3 Å². The van der Waals surface area contributed by atoms with Gasteiger partial charge in [0.15, 0.2) is 0 Å². The van der Waals surface area contributed by atoms with Crippen LogP contribution in [0.15, 0.2) is 30.3 Å². The lowest BCUT2D eigenvalue weighted by atomic mass is 10.1. The molecule has 0 radical (unpaired) electrons. The predicted molar refractivity (Wildman–Crippen MR) is 101 cm³/mol. The average molecular weight is 361 g/mol. The molecule has 0 bridgehead atoms. The topological polar surface area (TPSA) is 50.2 Å². The van der Waals surface area contributed by atoms with Crippen LogP contribution in [0, 0.1) is 5.92 Å². The van der Waals surface area contributed by atoms with E-state index < -0.39 is 0 Å². The Kier molecular flexibility index (Phi) is 5.63. The molecule has 0 aliphatic carbocycles. The second-order valence-electron chi connectivity index (χ2n) is 6.69. The van der Waals surface area contributed by atoms with Crippen molar-refractivity contribution in [1.29, 1.82) is 0 Å². The Bertz CT molecular complexity index is 743. The highest BCUT2D eigenvalue weighted by Crippen LogP contribution is 2.25. The molecular formula is C19H25ClN4O. The van der Waals surface area contributed by atoms with Gasteiger partial charge in [-0.2, -0.15) is 5.10 Å². The second kappa shape index (κ2) is 7.91. The largest absolute Gasteiger partial charge is 0.371 e. The first kappa shape index (κ1) is 17.8. The minimum absolute atomic E-state index is 0.0430. The highest BCUT2D eigenvalue weighted by molar-refractivity contribution is 6.30. The van der Waals surface area contributed by atoms with E-state index in [1.165, 1.54) is 0 Å². The highest BCUT2D eigenvalue weighted by Gasteiger charge is 2.24. The highest BCUT2D eigenvalue weighted by atomic mass is 35.5. The number of nitrogens with zero attached hydrogens (tertiary/aromatic N) is 3. The van der Waals surface area contributed by atoms with E-state index in [2.05, 4.69) is 28.3 Å². The smallest absolute Gasteiger partial charge is 0.269 e. The molecule has 1 N–H and O–H groups in total. The molecular weight excluding hydrogens is 336 g/mol. The number of benzene rings is 1. The number of anilines is 1. The van der Waals surface area contributed by atoms with Gasteiger partial charge in [0.25, 0.3) is 5.91 Å². The third-order valence-corrected chi connectivity index (χ3v) is 4.91. The van der Waals surface area contributed by atoms with Crippen LogP contribution in [-0.2, 0) is 13.5 Å². The average Bonchev–Trinajstić information content (AvgIpc) is 3.20. The maximum absolute atomic E-state index is 12.4. The Morgan fingerprint density at radius 1 is 1.40 bits per heavy atom. The van der Waals surface area contributed by atoms with E-state index >= 15 is 0 Å². The van der Waals surface area contributed by atoms with Crippen LogP contribution in [0.3, 0.4) is 0 Å². The van der Waals surface area contributed by atoms with Crippen LogP contribution in [0.1, 0.15) is 35.9 Å². The fourth-order valence-corrected chi connectivity index (χ4v) is 3.54. The first-order valence-electron chi connectivity index (χ1n) is 8.88. The van der Waals surface area contributed by atoms with Crippen LogP contribution in [0.4, 0.5) is 5.69 Å². The molecule has 1 unspecified atom stereocenters. The molecule has 25 heavy (non-hydrogen) atoms. The Balaban J connectivity index is 1.53. The first-order chi connectivity index (χ1) is 12.1. The number of aryl methyl sites for hydroxylation is 2. The summed E-state index contributed by atoms with van der Waals surface area (Å²) in [4.78, 5) is 14.8. The van der Waals surface area contributed by atoms with Crippen molar-refractivity contribution in [2.75, 3.05) is 24.5 Å². The Morgan fingerprint density at radius 3 is 3.00 bits per heavy atom. The van der Waals surface area contributed by atoms with Gasteiger partial charge in [-0.05, 0) is 43.0 Å². The maximum Gasteiger partial charge on any atom is 0.269 e. The predicted octanol–water partition coefficient (Wildman–Crippen LogP) is 3.28. The molecule has 1 aromatic heterocycles. The normalized spacial score (nSPS) is 17.1. The third kappa shape index (κ3) is 4.34. The van der Waals surface area contributed by atoms with Gasteiger partial charge in [0.2, 0.25) is 0 Å². The van der Waals surface area contributed by atoms with Gasteiger partial charge in [-0.3, -0.25) is 9.48 Å². The molecule has 134 valence electrons. The molecule has 1 amide bonds. The van der Waals surface area contributed by atoms with Gasteiger partial charge in [-0.15, -0.1) is 0 Å². The van der Waals surface area contributed by atoms with Gasteiger partial charge in [0.1, 0.15) is 5.69 Å². The molecule has 0 saturated carbocycles. The molecule has 1 aliphatic rings. The molecule has 0 spiro atoms. The first-order valence-corrected chi connectivity index (χ1v) is 9.26. The van der Waals surface area contributed by atoms with Crippen molar-refractivity contribution in [3.63, 3.8) is 0 Å². The number of hydrogen-bond donors (Lipinski definition) is 1. The lowest BCUT2D eigenvalue weighted by molar-refractivity contribution is 0.0939. The zero-order chi connectivity index (χ0) is 17.8. The summed E-state index contributed by atoms with van der Waals surface area (Å²) < 4.78 is 1.67. The summed E-state index contributed by atoms with van der Waals surface area (Å²) in [5.41, 5.74) is 2.76. The lowest BCUT2D eigenvalue weighted by Gasteiger charge is -2.19. The van der Waals surface area contributed by atoms with Crippen LogP contribution in [0.5, 0.6) is 0 Å².